The molecule has 2 rings (SSSR count). The zero-order valence-corrected chi connectivity index (χ0v) is 7.04. The van der Waals surface area contributed by atoms with Crippen LogP contribution in [0.15, 0.2) is 24.5 Å². The summed E-state index contributed by atoms with van der Waals surface area (Å²) in [5.41, 5.74) is 1.21. The second kappa shape index (κ2) is 2.74. The van der Waals surface area contributed by atoms with E-state index in [-0.39, 0.29) is 0 Å². The van der Waals surface area contributed by atoms with Crippen LogP contribution in [0.1, 0.15) is 0 Å². The summed E-state index contributed by atoms with van der Waals surface area (Å²) in [6.45, 7) is 2.10. The van der Waals surface area contributed by atoms with Gasteiger partial charge in [0.15, 0.2) is 0 Å². The Morgan fingerprint density at radius 1 is 1.55 bits per heavy atom. The molecule has 3 heteroatoms. The second-order valence-electron chi connectivity index (χ2n) is 2.77. The quantitative estimate of drug-likeness (QED) is 0.631. The van der Waals surface area contributed by atoms with E-state index in [0.29, 0.717) is 5.25 Å². The minimum Gasteiger partial charge on any atom is -0.368 e. The van der Waals surface area contributed by atoms with Crippen LogP contribution >= 0.6 is 12.6 Å². The van der Waals surface area contributed by atoms with Crippen molar-refractivity contribution in [1.29, 1.82) is 0 Å². The summed E-state index contributed by atoms with van der Waals surface area (Å²) in [6.07, 6.45) is 3.68. The van der Waals surface area contributed by atoms with Crippen LogP contribution in [0, 0.1) is 0 Å². The zero-order valence-electron chi connectivity index (χ0n) is 6.14. The maximum absolute atomic E-state index is 4.33. The molecule has 1 saturated heterocycles. The van der Waals surface area contributed by atoms with Crippen LogP contribution < -0.4 is 4.90 Å². The molecule has 11 heavy (non-hydrogen) atoms. The fraction of sp³-hybridized carbons (Fsp3) is 0.375. The van der Waals surface area contributed by atoms with E-state index in [1.54, 1.807) is 6.20 Å². The highest BCUT2D eigenvalue weighted by atomic mass is 32.1. The zero-order chi connectivity index (χ0) is 7.68. The predicted molar refractivity (Wildman–Crippen MR) is 49.2 cm³/mol. The highest BCUT2D eigenvalue weighted by Crippen LogP contribution is 2.21. The van der Waals surface area contributed by atoms with E-state index in [1.165, 1.54) is 5.69 Å². The van der Waals surface area contributed by atoms with E-state index >= 15 is 0 Å². The monoisotopic (exact) mass is 166 g/mol. The van der Waals surface area contributed by atoms with Gasteiger partial charge in [-0.2, -0.15) is 12.6 Å². The molecule has 0 atom stereocenters. The number of hydrogen-bond acceptors (Lipinski definition) is 3. The van der Waals surface area contributed by atoms with Gasteiger partial charge in [-0.25, -0.2) is 0 Å². The largest absolute Gasteiger partial charge is 0.368 e. The van der Waals surface area contributed by atoms with E-state index in [1.807, 2.05) is 12.3 Å². The molecule has 0 amide bonds. The Morgan fingerprint density at radius 3 is 2.91 bits per heavy atom. The SMILES string of the molecule is SC1CN(c2cccnc2)C1. The van der Waals surface area contributed by atoms with Crippen molar-refractivity contribution in [3.63, 3.8) is 0 Å². The second-order valence-corrected chi connectivity index (χ2v) is 3.50. The van der Waals surface area contributed by atoms with Gasteiger partial charge in [0, 0.05) is 24.5 Å². The van der Waals surface area contributed by atoms with Gasteiger partial charge in [0.25, 0.3) is 0 Å². The summed E-state index contributed by atoms with van der Waals surface area (Å²) in [5.74, 6) is 0. The molecule has 2 heterocycles. The number of aromatic nitrogens is 1. The molecule has 0 aliphatic carbocycles. The first kappa shape index (κ1) is 6.98. The van der Waals surface area contributed by atoms with Crippen LogP contribution in [0.5, 0.6) is 0 Å². The number of anilines is 1. The van der Waals surface area contributed by atoms with Crippen LogP contribution in [0.2, 0.25) is 0 Å². The van der Waals surface area contributed by atoms with Crippen molar-refractivity contribution in [2.75, 3.05) is 18.0 Å². The molecular weight excluding hydrogens is 156 g/mol. The number of thiol groups is 1. The lowest BCUT2D eigenvalue weighted by molar-refractivity contribution is 0.637. The van der Waals surface area contributed by atoms with Gasteiger partial charge < -0.3 is 4.90 Å². The topological polar surface area (TPSA) is 16.1 Å². The lowest BCUT2D eigenvalue weighted by Gasteiger charge is -2.38. The first-order chi connectivity index (χ1) is 5.36. The highest BCUT2D eigenvalue weighted by Gasteiger charge is 2.22. The molecule has 0 unspecified atom stereocenters. The van der Waals surface area contributed by atoms with Crippen LogP contribution in [0.4, 0.5) is 5.69 Å². The fourth-order valence-electron chi connectivity index (χ4n) is 1.21. The number of pyridine rings is 1. The van der Waals surface area contributed by atoms with Crippen LogP contribution in [0.25, 0.3) is 0 Å². The first-order valence-electron chi connectivity index (χ1n) is 3.69. The van der Waals surface area contributed by atoms with Gasteiger partial charge in [0.05, 0.1) is 11.9 Å². The molecule has 1 aliphatic heterocycles. The summed E-state index contributed by atoms with van der Waals surface area (Å²) >= 11 is 4.33. The molecule has 1 aromatic heterocycles. The Labute approximate surface area is 71.7 Å². The molecule has 0 spiro atoms. The minimum atomic E-state index is 0.551. The molecule has 0 bridgehead atoms. The highest BCUT2D eigenvalue weighted by molar-refractivity contribution is 7.81. The Bertz CT molecular complexity index is 231. The maximum Gasteiger partial charge on any atom is 0.0553 e. The third-order valence-corrected chi connectivity index (χ3v) is 2.20. The molecule has 1 aromatic rings. The molecule has 1 aliphatic rings. The molecular formula is C8H10N2S. The Morgan fingerprint density at radius 2 is 2.36 bits per heavy atom. The molecule has 0 N–H and O–H groups in total. The lowest BCUT2D eigenvalue weighted by atomic mass is 10.2. The van der Waals surface area contributed by atoms with Gasteiger partial charge in [0.2, 0.25) is 0 Å². The molecule has 58 valence electrons. The van der Waals surface area contributed by atoms with E-state index in [9.17, 15) is 0 Å². The average Bonchev–Trinajstić information content (AvgIpc) is 2.01. The molecule has 2 nitrogen and oxygen atoms in total. The third-order valence-electron chi connectivity index (χ3n) is 1.87. The number of hydrogen-bond donors (Lipinski definition) is 1. The van der Waals surface area contributed by atoms with Crippen molar-refractivity contribution >= 4 is 18.3 Å². The van der Waals surface area contributed by atoms with E-state index < -0.39 is 0 Å². The molecule has 0 radical (unpaired) electrons. The summed E-state index contributed by atoms with van der Waals surface area (Å²) in [7, 11) is 0. The number of rotatable bonds is 1. The Kier molecular flexibility index (Phi) is 1.74. The maximum atomic E-state index is 4.33. The predicted octanol–water partition coefficient (Wildman–Crippen LogP) is 1.20. The normalized spacial score (nSPS) is 18.1. The van der Waals surface area contributed by atoms with Gasteiger partial charge in [-0.05, 0) is 12.1 Å². The van der Waals surface area contributed by atoms with Crippen molar-refractivity contribution in [2.24, 2.45) is 0 Å². The van der Waals surface area contributed by atoms with Crippen molar-refractivity contribution in [1.82, 2.24) is 4.98 Å². The van der Waals surface area contributed by atoms with Crippen LogP contribution in [-0.4, -0.2) is 23.3 Å². The third kappa shape index (κ3) is 1.33. The van der Waals surface area contributed by atoms with E-state index in [0.717, 1.165) is 13.1 Å². The van der Waals surface area contributed by atoms with Gasteiger partial charge in [0.1, 0.15) is 0 Å². The molecule has 0 aromatic carbocycles. The van der Waals surface area contributed by atoms with Gasteiger partial charge in [-0.15, -0.1) is 0 Å². The lowest BCUT2D eigenvalue weighted by Crippen LogP contribution is -2.47. The van der Waals surface area contributed by atoms with Crippen LogP contribution in [-0.2, 0) is 0 Å². The van der Waals surface area contributed by atoms with Crippen molar-refractivity contribution in [3.8, 4) is 0 Å². The molecule has 0 saturated carbocycles. The summed E-state index contributed by atoms with van der Waals surface area (Å²) < 4.78 is 0. The Balaban J connectivity index is 2.08. The van der Waals surface area contributed by atoms with Crippen molar-refractivity contribution in [2.45, 2.75) is 5.25 Å². The average molecular weight is 166 g/mol. The van der Waals surface area contributed by atoms with E-state index in [4.69, 9.17) is 0 Å². The molecule has 1 fully saturated rings. The summed E-state index contributed by atoms with van der Waals surface area (Å²) in [4.78, 5) is 6.31. The minimum absolute atomic E-state index is 0.551. The summed E-state index contributed by atoms with van der Waals surface area (Å²) in [5, 5.41) is 0.551. The van der Waals surface area contributed by atoms with Crippen molar-refractivity contribution in [3.05, 3.63) is 24.5 Å². The fourth-order valence-corrected chi connectivity index (χ4v) is 1.60. The van der Waals surface area contributed by atoms with E-state index in [2.05, 4.69) is 28.6 Å². The van der Waals surface area contributed by atoms with Gasteiger partial charge in [-0.3, -0.25) is 4.98 Å². The van der Waals surface area contributed by atoms with Gasteiger partial charge in [-0.1, -0.05) is 0 Å². The smallest absolute Gasteiger partial charge is 0.0553 e. The van der Waals surface area contributed by atoms with Crippen molar-refractivity contribution < 1.29 is 0 Å². The first-order valence-corrected chi connectivity index (χ1v) is 4.21. The van der Waals surface area contributed by atoms with Crippen LogP contribution in [0.3, 0.4) is 0 Å². The Hall–Kier alpha value is -0.700. The number of nitrogens with zero attached hydrogens (tertiary/aromatic N) is 2. The summed E-state index contributed by atoms with van der Waals surface area (Å²) in [6, 6.07) is 4.04. The van der Waals surface area contributed by atoms with Gasteiger partial charge >= 0.3 is 0 Å². The standard InChI is InChI=1S/C8H10N2S/c11-8-5-10(6-8)7-2-1-3-9-4-7/h1-4,8,11H,5-6H2.